The van der Waals surface area contributed by atoms with Gasteiger partial charge in [-0.3, -0.25) is 0 Å². The van der Waals surface area contributed by atoms with Crippen molar-refractivity contribution in [2.75, 3.05) is 12.9 Å². The summed E-state index contributed by atoms with van der Waals surface area (Å²) < 4.78 is 13.0. The van der Waals surface area contributed by atoms with Crippen LogP contribution in [0.4, 0.5) is 0 Å². The van der Waals surface area contributed by atoms with Crippen molar-refractivity contribution in [1.29, 1.82) is 0 Å². The average molecular weight is 366 g/mol. The number of nitrogens with zero attached hydrogens (tertiary/aromatic N) is 1. The van der Waals surface area contributed by atoms with Gasteiger partial charge in [-0.05, 0) is 18.7 Å². The molecule has 2 aromatic heterocycles. The summed E-state index contributed by atoms with van der Waals surface area (Å²) in [6.07, 6.45) is 1.99. The van der Waals surface area contributed by atoms with Gasteiger partial charge in [-0.2, -0.15) is 0 Å². The summed E-state index contributed by atoms with van der Waals surface area (Å²) in [4.78, 5) is 18.0. The van der Waals surface area contributed by atoms with Crippen LogP contribution >= 0.6 is 34.4 Å². The highest BCUT2D eigenvalue weighted by molar-refractivity contribution is 8.00. The highest BCUT2D eigenvalue weighted by Gasteiger charge is 2.24. The molecule has 7 heteroatoms. The molecule has 0 saturated carbocycles. The fourth-order valence-corrected chi connectivity index (χ4v) is 4.83. The Bertz CT molecular complexity index is 811. The number of thioether (sulfide) groups is 1. The van der Waals surface area contributed by atoms with Crippen LogP contribution in [0.3, 0.4) is 0 Å². The van der Waals surface area contributed by atoms with Crippen molar-refractivity contribution < 1.29 is 14.3 Å². The lowest BCUT2D eigenvalue weighted by Crippen LogP contribution is -2.05. The highest BCUT2D eigenvalue weighted by atomic mass is 32.2. The number of fused-ring (bicyclic) bond motifs is 1. The highest BCUT2D eigenvalue weighted by Crippen LogP contribution is 2.43. The summed E-state index contributed by atoms with van der Waals surface area (Å²) in [6.45, 7) is 2.54. The number of thiazole rings is 1. The van der Waals surface area contributed by atoms with Crippen molar-refractivity contribution in [2.24, 2.45) is 0 Å². The van der Waals surface area contributed by atoms with E-state index in [0.717, 1.165) is 19.4 Å². The molecule has 0 bridgehead atoms. The molecule has 0 N–H and O–H groups in total. The first-order valence-electron chi connectivity index (χ1n) is 7.04. The number of hydrogen-bond acceptors (Lipinski definition) is 7. The molecule has 0 unspecified atom stereocenters. The first kappa shape index (κ1) is 16.3. The van der Waals surface area contributed by atoms with Crippen molar-refractivity contribution in [3.8, 4) is 5.75 Å². The topological polar surface area (TPSA) is 48.4 Å². The van der Waals surface area contributed by atoms with E-state index in [-0.39, 0.29) is 5.97 Å². The van der Waals surface area contributed by atoms with Crippen LogP contribution in [0.2, 0.25) is 0 Å². The van der Waals surface area contributed by atoms with Crippen LogP contribution in [0.1, 0.15) is 22.2 Å². The molecule has 0 spiro atoms. The lowest BCUT2D eigenvalue weighted by molar-refractivity contribution is 0.0528. The predicted octanol–water partition coefficient (Wildman–Crippen LogP) is 4.84. The van der Waals surface area contributed by atoms with Crippen LogP contribution in [0.25, 0.3) is 9.53 Å². The van der Waals surface area contributed by atoms with Crippen LogP contribution in [0, 0.1) is 0 Å². The maximum absolute atomic E-state index is 12.2. The van der Waals surface area contributed by atoms with E-state index >= 15 is 0 Å². The molecular weight excluding hydrogens is 350 g/mol. The third-order valence-corrected chi connectivity index (χ3v) is 6.26. The van der Waals surface area contributed by atoms with Gasteiger partial charge in [0.2, 0.25) is 0 Å². The first-order chi connectivity index (χ1) is 11.2. The zero-order valence-electron chi connectivity index (χ0n) is 12.7. The molecule has 3 rings (SSSR count). The SMILES string of the molecule is CCOC(=O)c1sc2nc(SC)sc2c1OCc1ccccc1. The lowest BCUT2D eigenvalue weighted by Gasteiger charge is -2.07. The molecule has 0 atom stereocenters. The second-order valence-electron chi connectivity index (χ2n) is 4.57. The molecule has 0 radical (unpaired) electrons. The Morgan fingerprint density at radius 3 is 2.74 bits per heavy atom. The van der Waals surface area contributed by atoms with Crippen LogP contribution in [0.5, 0.6) is 5.75 Å². The minimum atomic E-state index is -0.350. The van der Waals surface area contributed by atoms with Crippen molar-refractivity contribution in [1.82, 2.24) is 4.98 Å². The number of rotatable bonds is 6. The summed E-state index contributed by atoms with van der Waals surface area (Å²) in [5, 5.41) is 0. The number of ether oxygens (including phenoxy) is 2. The summed E-state index contributed by atoms with van der Waals surface area (Å²) in [5.74, 6) is 0.238. The quantitative estimate of drug-likeness (QED) is 0.462. The van der Waals surface area contributed by atoms with Gasteiger partial charge >= 0.3 is 5.97 Å². The second kappa shape index (κ2) is 7.33. The van der Waals surface area contributed by atoms with Crippen molar-refractivity contribution in [3.63, 3.8) is 0 Å². The molecule has 0 saturated heterocycles. The number of esters is 1. The summed E-state index contributed by atoms with van der Waals surface area (Å²) >= 11 is 4.46. The second-order valence-corrected chi connectivity index (χ2v) is 7.62. The van der Waals surface area contributed by atoms with Crippen LogP contribution in [-0.4, -0.2) is 23.8 Å². The van der Waals surface area contributed by atoms with Gasteiger partial charge in [0.15, 0.2) is 15.0 Å². The molecule has 3 aromatic rings. The average Bonchev–Trinajstić information content (AvgIpc) is 3.11. The third kappa shape index (κ3) is 3.52. The molecule has 120 valence electrons. The van der Waals surface area contributed by atoms with Crippen LogP contribution < -0.4 is 4.74 Å². The zero-order chi connectivity index (χ0) is 16.2. The number of aromatic nitrogens is 1. The normalized spacial score (nSPS) is 10.9. The fraction of sp³-hybridized carbons (Fsp3) is 0.250. The van der Waals surface area contributed by atoms with Crippen LogP contribution in [-0.2, 0) is 11.3 Å². The van der Waals surface area contributed by atoms with Crippen LogP contribution in [0.15, 0.2) is 34.7 Å². The molecule has 2 heterocycles. The standard InChI is InChI=1S/C16H15NO3S3/c1-3-19-15(18)13-11(20-9-10-7-5-4-6-8-10)12-14(22-13)17-16(21-2)23-12/h4-8H,3,9H2,1-2H3. The fourth-order valence-electron chi connectivity index (χ4n) is 2.03. The Morgan fingerprint density at radius 1 is 1.26 bits per heavy atom. The molecule has 4 nitrogen and oxygen atoms in total. The van der Waals surface area contributed by atoms with E-state index in [9.17, 15) is 4.79 Å². The first-order valence-corrected chi connectivity index (χ1v) is 9.89. The molecule has 23 heavy (non-hydrogen) atoms. The van der Waals surface area contributed by atoms with Gasteiger partial charge in [0, 0.05) is 0 Å². The molecule has 0 amide bonds. The van der Waals surface area contributed by atoms with Crippen molar-refractivity contribution in [3.05, 3.63) is 40.8 Å². The van der Waals surface area contributed by atoms with Crippen molar-refractivity contribution >= 4 is 49.9 Å². The lowest BCUT2D eigenvalue weighted by atomic mass is 10.2. The summed E-state index contributed by atoms with van der Waals surface area (Å²) in [7, 11) is 0. The summed E-state index contributed by atoms with van der Waals surface area (Å²) in [6, 6.07) is 9.88. The largest absolute Gasteiger partial charge is 0.486 e. The molecule has 0 fully saturated rings. The van der Waals surface area contributed by atoms with Gasteiger partial charge in [-0.15, -0.1) is 22.7 Å². The van der Waals surface area contributed by atoms with E-state index in [1.54, 1.807) is 30.0 Å². The Labute approximate surface area is 146 Å². The monoisotopic (exact) mass is 365 g/mol. The van der Waals surface area contributed by atoms with Gasteiger partial charge in [-0.25, -0.2) is 9.78 Å². The molecule has 0 aliphatic rings. The number of thiophene rings is 1. The van der Waals surface area contributed by atoms with Crippen molar-refractivity contribution in [2.45, 2.75) is 17.9 Å². The Balaban J connectivity index is 1.94. The van der Waals surface area contributed by atoms with Gasteiger partial charge < -0.3 is 9.47 Å². The number of carbonyl (C=O) groups is 1. The van der Waals surface area contributed by atoms with E-state index < -0.39 is 0 Å². The maximum Gasteiger partial charge on any atom is 0.352 e. The van der Waals surface area contributed by atoms with E-state index in [4.69, 9.17) is 9.47 Å². The van der Waals surface area contributed by atoms with E-state index in [0.29, 0.717) is 23.8 Å². The Morgan fingerprint density at radius 2 is 2.04 bits per heavy atom. The predicted molar refractivity (Wildman–Crippen MR) is 96.0 cm³/mol. The molecule has 0 aliphatic heterocycles. The van der Waals surface area contributed by atoms with Gasteiger partial charge in [-0.1, -0.05) is 42.1 Å². The zero-order valence-corrected chi connectivity index (χ0v) is 15.1. The molecule has 0 aliphatic carbocycles. The van der Waals surface area contributed by atoms with Gasteiger partial charge in [0.05, 0.1) is 6.61 Å². The van der Waals surface area contributed by atoms with E-state index in [1.807, 2.05) is 36.6 Å². The molecular formula is C16H15NO3S3. The minimum absolute atomic E-state index is 0.339. The smallest absolute Gasteiger partial charge is 0.352 e. The van der Waals surface area contributed by atoms with E-state index in [2.05, 4.69) is 4.98 Å². The van der Waals surface area contributed by atoms with Gasteiger partial charge in [0.25, 0.3) is 0 Å². The number of carbonyl (C=O) groups excluding carboxylic acids is 1. The van der Waals surface area contributed by atoms with Gasteiger partial charge in [0.1, 0.15) is 16.1 Å². The Hall–Kier alpha value is -1.57. The number of benzene rings is 1. The van der Waals surface area contributed by atoms with E-state index in [1.165, 1.54) is 11.3 Å². The summed E-state index contributed by atoms with van der Waals surface area (Å²) in [5.41, 5.74) is 1.05. The Kier molecular flexibility index (Phi) is 5.20. The minimum Gasteiger partial charge on any atom is -0.486 e. The number of hydrogen-bond donors (Lipinski definition) is 0. The third-order valence-electron chi connectivity index (χ3n) is 3.05. The maximum atomic E-state index is 12.2. The molecule has 1 aromatic carbocycles.